The van der Waals surface area contributed by atoms with E-state index in [1.54, 1.807) is 0 Å². The fourth-order valence-corrected chi connectivity index (χ4v) is 3.78. The lowest BCUT2D eigenvalue weighted by atomic mass is 9.89. The zero-order valence-corrected chi connectivity index (χ0v) is 20.1. The van der Waals surface area contributed by atoms with Gasteiger partial charge in [0.1, 0.15) is 0 Å². The Morgan fingerprint density at radius 1 is 1.31 bits per heavy atom. The van der Waals surface area contributed by atoms with Crippen LogP contribution in [0, 0.1) is 0 Å². The molecule has 7 heteroatoms. The van der Waals surface area contributed by atoms with Crippen molar-refractivity contribution in [1.82, 2.24) is 15.5 Å². The lowest BCUT2D eigenvalue weighted by molar-refractivity contribution is -0.00255. The highest BCUT2D eigenvalue weighted by atomic mass is 127. The molecule has 0 spiro atoms. The third kappa shape index (κ3) is 6.35. The number of likely N-dealkylation sites (N-methyl/N-ethyl adjacent to an activating group) is 1. The number of aliphatic imine (C=N–C) groups is 1. The second-order valence-corrected chi connectivity index (χ2v) is 7.67. The highest BCUT2D eigenvalue weighted by molar-refractivity contribution is 14.0. The van der Waals surface area contributed by atoms with Gasteiger partial charge in [-0.3, -0.25) is 4.99 Å². The lowest BCUT2D eigenvalue weighted by Gasteiger charge is -2.41. The SMILES string of the molecule is CCNC(=NCC1(N(C)C)CCOCC1)NC(C)c1ccccc1Br.I. The van der Waals surface area contributed by atoms with E-state index in [4.69, 9.17) is 9.73 Å². The fourth-order valence-electron chi connectivity index (χ4n) is 3.15. The normalized spacial score (nSPS) is 18.2. The minimum atomic E-state index is 0. The second kappa shape index (κ2) is 11.5. The van der Waals surface area contributed by atoms with Gasteiger partial charge in [0, 0.05) is 29.8 Å². The second-order valence-electron chi connectivity index (χ2n) is 6.81. The highest BCUT2D eigenvalue weighted by Gasteiger charge is 2.34. The lowest BCUT2D eigenvalue weighted by Crippen LogP contribution is -2.51. The summed E-state index contributed by atoms with van der Waals surface area (Å²) in [6, 6.07) is 8.46. The summed E-state index contributed by atoms with van der Waals surface area (Å²) in [5.41, 5.74) is 1.30. The Bertz CT molecular complexity index is 576. The first-order chi connectivity index (χ1) is 12.0. The molecule has 1 fully saturated rings. The molecule has 1 unspecified atom stereocenters. The maximum absolute atomic E-state index is 5.55. The van der Waals surface area contributed by atoms with Gasteiger partial charge in [-0.25, -0.2) is 0 Å². The predicted molar refractivity (Wildman–Crippen MR) is 124 cm³/mol. The molecule has 1 atom stereocenters. The fraction of sp³-hybridized carbons (Fsp3) is 0.632. The van der Waals surface area contributed by atoms with Crippen molar-refractivity contribution in [3.63, 3.8) is 0 Å². The minimum absolute atomic E-state index is 0. The van der Waals surface area contributed by atoms with E-state index >= 15 is 0 Å². The molecule has 1 aliphatic heterocycles. The van der Waals surface area contributed by atoms with Crippen molar-refractivity contribution in [3.05, 3.63) is 34.3 Å². The first kappa shape index (κ1) is 23.7. The quantitative estimate of drug-likeness (QED) is 0.328. The zero-order valence-electron chi connectivity index (χ0n) is 16.2. The Hall–Kier alpha value is -0.380. The van der Waals surface area contributed by atoms with Gasteiger partial charge in [-0.05, 0) is 52.4 Å². The number of benzene rings is 1. The van der Waals surface area contributed by atoms with Crippen molar-refractivity contribution in [2.75, 3.05) is 40.4 Å². The highest BCUT2D eigenvalue weighted by Crippen LogP contribution is 2.26. The molecule has 1 aliphatic rings. The summed E-state index contributed by atoms with van der Waals surface area (Å²) in [6.07, 6.45) is 2.03. The molecule has 0 saturated carbocycles. The summed E-state index contributed by atoms with van der Waals surface area (Å²) in [7, 11) is 4.29. The Morgan fingerprint density at radius 3 is 2.54 bits per heavy atom. The smallest absolute Gasteiger partial charge is 0.191 e. The molecule has 1 saturated heterocycles. The van der Waals surface area contributed by atoms with Crippen LogP contribution in [0.5, 0.6) is 0 Å². The van der Waals surface area contributed by atoms with E-state index in [9.17, 15) is 0 Å². The van der Waals surface area contributed by atoms with E-state index in [0.717, 1.165) is 49.6 Å². The van der Waals surface area contributed by atoms with Crippen LogP contribution in [0.1, 0.15) is 38.3 Å². The molecule has 1 aromatic rings. The number of guanidine groups is 1. The molecule has 1 heterocycles. The predicted octanol–water partition coefficient (Wildman–Crippen LogP) is 3.79. The van der Waals surface area contributed by atoms with Crippen LogP contribution in [0.15, 0.2) is 33.7 Å². The van der Waals surface area contributed by atoms with Crippen LogP contribution in [-0.2, 0) is 4.74 Å². The van der Waals surface area contributed by atoms with Gasteiger partial charge >= 0.3 is 0 Å². The molecular weight excluding hydrogens is 507 g/mol. The molecule has 26 heavy (non-hydrogen) atoms. The van der Waals surface area contributed by atoms with Crippen LogP contribution in [0.25, 0.3) is 0 Å². The maximum atomic E-state index is 5.55. The van der Waals surface area contributed by atoms with Gasteiger partial charge in [0.15, 0.2) is 5.96 Å². The minimum Gasteiger partial charge on any atom is -0.381 e. The van der Waals surface area contributed by atoms with Crippen molar-refractivity contribution in [2.24, 2.45) is 4.99 Å². The van der Waals surface area contributed by atoms with Gasteiger partial charge in [0.2, 0.25) is 0 Å². The van der Waals surface area contributed by atoms with Crippen LogP contribution in [0.2, 0.25) is 0 Å². The number of hydrogen-bond acceptors (Lipinski definition) is 3. The van der Waals surface area contributed by atoms with Gasteiger partial charge in [0.25, 0.3) is 0 Å². The van der Waals surface area contributed by atoms with E-state index in [2.05, 4.69) is 77.6 Å². The third-order valence-corrected chi connectivity index (χ3v) is 5.70. The van der Waals surface area contributed by atoms with Crippen molar-refractivity contribution >= 4 is 45.9 Å². The van der Waals surface area contributed by atoms with Crippen LogP contribution in [0.3, 0.4) is 0 Å². The molecule has 0 amide bonds. The van der Waals surface area contributed by atoms with Crippen LogP contribution >= 0.6 is 39.9 Å². The van der Waals surface area contributed by atoms with Gasteiger partial charge in [0.05, 0.1) is 12.6 Å². The summed E-state index contributed by atoms with van der Waals surface area (Å²) in [5, 5.41) is 6.90. The first-order valence-electron chi connectivity index (χ1n) is 9.03. The summed E-state index contributed by atoms with van der Waals surface area (Å²) in [4.78, 5) is 7.21. The molecule has 2 rings (SSSR count). The van der Waals surface area contributed by atoms with E-state index in [1.807, 2.05) is 6.07 Å². The van der Waals surface area contributed by atoms with Crippen molar-refractivity contribution in [1.29, 1.82) is 0 Å². The van der Waals surface area contributed by atoms with E-state index in [1.165, 1.54) is 5.56 Å². The molecular formula is C19H32BrIN4O. The summed E-state index contributed by atoms with van der Waals surface area (Å²) in [6.45, 7) is 7.48. The number of rotatable bonds is 6. The molecule has 2 N–H and O–H groups in total. The van der Waals surface area contributed by atoms with Crippen LogP contribution in [-0.4, -0.2) is 56.8 Å². The van der Waals surface area contributed by atoms with Crippen molar-refractivity contribution in [3.8, 4) is 0 Å². The maximum Gasteiger partial charge on any atom is 0.191 e. The Kier molecular flexibility index (Phi) is 10.4. The van der Waals surface area contributed by atoms with Gasteiger partial charge < -0.3 is 20.3 Å². The largest absolute Gasteiger partial charge is 0.381 e. The van der Waals surface area contributed by atoms with Crippen LogP contribution < -0.4 is 10.6 Å². The number of hydrogen-bond donors (Lipinski definition) is 2. The average Bonchev–Trinajstić information content (AvgIpc) is 2.61. The average molecular weight is 539 g/mol. The van der Waals surface area contributed by atoms with Gasteiger partial charge in [-0.15, -0.1) is 24.0 Å². The monoisotopic (exact) mass is 538 g/mol. The number of nitrogens with one attached hydrogen (secondary N) is 2. The summed E-state index contributed by atoms with van der Waals surface area (Å²) >= 11 is 3.63. The number of ether oxygens (including phenoxy) is 1. The topological polar surface area (TPSA) is 48.9 Å². The van der Waals surface area contributed by atoms with Gasteiger partial charge in [-0.1, -0.05) is 34.1 Å². The Morgan fingerprint density at radius 2 is 1.96 bits per heavy atom. The zero-order chi connectivity index (χ0) is 18.3. The standard InChI is InChI=1S/C19H31BrN4O.HI/c1-5-21-18(23-15(2)16-8-6-7-9-17(16)20)22-14-19(24(3)4)10-12-25-13-11-19;/h6-9,15H,5,10-14H2,1-4H3,(H2,21,22,23);1H. The third-order valence-electron chi connectivity index (χ3n) is 4.97. The van der Waals surface area contributed by atoms with Gasteiger partial charge in [-0.2, -0.15) is 0 Å². The Balaban J connectivity index is 0.00000338. The van der Waals surface area contributed by atoms with Crippen molar-refractivity contribution < 1.29 is 4.74 Å². The van der Waals surface area contributed by atoms with Crippen molar-refractivity contribution in [2.45, 2.75) is 38.3 Å². The summed E-state index contributed by atoms with van der Waals surface area (Å²) in [5.74, 6) is 0.860. The molecule has 1 aromatic carbocycles. The Labute approximate surface area is 183 Å². The molecule has 148 valence electrons. The van der Waals surface area contributed by atoms with E-state index in [0.29, 0.717) is 0 Å². The molecule has 0 aromatic heterocycles. The van der Waals surface area contributed by atoms with Crippen LogP contribution in [0.4, 0.5) is 0 Å². The molecule has 0 bridgehead atoms. The molecule has 5 nitrogen and oxygen atoms in total. The van der Waals surface area contributed by atoms with E-state index < -0.39 is 0 Å². The first-order valence-corrected chi connectivity index (χ1v) is 9.82. The molecule has 0 aliphatic carbocycles. The molecule has 0 radical (unpaired) electrons. The summed E-state index contributed by atoms with van der Waals surface area (Å²) < 4.78 is 6.66. The number of halogens is 2. The van der Waals surface area contributed by atoms with E-state index in [-0.39, 0.29) is 35.6 Å². The number of nitrogens with zero attached hydrogens (tertiary/aromatic N) is 2.